The molecule has 0 aromatic heterocycles. The molecule has 0 radical (unpaired) electrons. The fourth-order valence-electron chi connectivity index (χ4n) is 2.14. The zero-order chi connectivity index (χ0) is 13.0. The quantitative estimate of drug-likeness (QED) is 0.660. The molecule has 0 aliphatic heterocycles. The molecule has 0 aromatic rings. The lowest BCUT2D eigenvalue weighted by Crippen LogP contribution is -2.36. The molecule has 2 heteroatoms. The maximum absolute atomic E-state index is 12.2. The maximum atomic E-state index is 12.2. The summed E-state index contributed by atoms with van der Waals surface area (Å²) in [6.07, 6.45) is 2.82. The maximum Gasteiger partial charge on any atom is 0.312 e. The van der Waals surface area contributed by atoms with Crippen LogP contribution in [0.4, 0.5) is 0 Å². The molecule has 1 atom stereocenters. The van der Waals surface area contributed by atoms with E-state index in [0.29, 0.717) is 5.92 Å². The van der Waals surface area contributed by atoms with E-state index >= 15 is 0 Å². The highest BCUT2D eigenvalue weighted by atomic mass is 16.6. The molecule has 1 unspecified atom stereocenters. The van der Waals surface area contributed by atoms with Crippen LogP contribution >= 0.6 is 0 Å². The second-order valence-corrected chi connectivity index (χ2v) is 6.41. The van der Waals surface area contributed by atoms with Gasteiger partial charge in [-0.15, -0.1) is 0 Å². The molecule has 0 saturated heterocycles. The third-order valence-electron chi connectivity index (χ3n) is 2.55. The smallest absolute Gasteiger partial charge is 0.312 e. The Bertz CT molecular complexity index is 225. The Morgan fingerprint density at radius 1 is 1.19 bits per heavy atom. The van der Waals surface area contributed by atoms with Crippen molar-refractivity contribution in [2.45, 2.75) is 73.3 Å². The lowest BCUT2D eigenvalue weighted by molar-refractivity contribution is -0.168. The molecule has 0 bridgehead atoms. The Morgan fingerprint density at radius 2 is 1.69 bits per heavy atom. The summed E-state index contributed by atoms with van der Waals surface area (Å²) in [5.41, 5.74) is -0.709. The average Bonchev–Trinajstić information content (AvgIpc) is 1.99. The molecule has 0 rings (SSSR count). The van der Waals surface area contributed by atoms with Crippen molar-refractivity contribution >= 4 is 5.97 Å². The minimum absolute atomic E-state index is 0.0458. The van der Waals surface area contributed by atoms with E-state index in [9.17, 15) is 4.79 Å². The second-order valence-electron chi connectivity index (χ2n) is 6.41. The highest BCUT2D eigenvalue weighted by Crippen LogP contribution is 2.34. The van der Waals surface area contributed by atoms with Crippen LogP contribution in [0.25, 0.3) is 0 Å². The number of hydrogen-bond donors (Lipinski definition) is 0. The van der Waals surface area contributed by atoms with E-state index in [2.05, 4.69) is 20.8 Å². The average molecular weight is 228 g/mol. The van der Waals surface area contributed by atoms with Crippen LogP contribution in [0.5, 0.6) is 0 Å². The molecule has 0 aromatic carbocycles. The van der Waals surface area contributed by atoms with E-state index in [1.807, 2.05) is 27.7 Å². The molecule has 16 heavy (non-hydrogen) atoms. The van der Waals surface area contributed by atoms with Crippen LogP contribution < -0.4 is 0 Å². The van der Waals surface area contributed by atoms with Crippen LogP contribution in [0.15, 0.2) is 0 Å². The van der Waals surface area contributed by atoms with Crippen molar-refractivity contribution < 1.29 is 9.53 Å². The first-order valence-corrected chi connectivity index (χ1v) is 6.34. The molecular formula is C14H28O2. The lowest BCUT2D eigenvalue weighted by Gasteiger charge is -2.32. The van der Waals surface area contributed by atoms with Gasteiger partial charge in [0.05, 0.1) is 5.41 Å². The Hall–Kier alpha value is -0.530. The summed E-state index contributed by atoms with van der Waals surface area (Å²) >= 11 is 0. The Kier molecular flexibility index (Phi) is 5.51. The molecule has 96 valence electrons. The summed E-state index contributed by atoms with van der Waals surface area (Å²) < 4.78 is 5.52. The summed E-state index contributed by atoms with van der Waals surface area (Å²) in [6.45, 7) is 14.2. The van der Waals surface area contributed by atoms with Gasteiger partial charge in [0.2, 0.25) is 0 Å². The van der Waals surface area contributed by atoms with Crippen LogP contribution in [0.2, 0.25) is 0 Å². The van der Waals surface area contributed by atoms with E-state index in [4.69, 9.17) is 4.74 Å². The zero-order valence-corrected chi connectivity index (χ0v) is 12.0. The van der Waals surface area contributed by atoms with Gasteiger partial charge in [-0.2, -0.15) is 0 Å². The number of esters is 1. The van der Waals surface area contributed by atoms with Crippen molar-refractivity contribution in [2.75, 3.05) is 0 Å². The minimum atomic E-state index is -0.386. The second kappa shape index (κ2) is 5.70. The first kappa shape index (κ1) is 15.5. The van der Waals surface area contributed by atoms with Gasteiger partial charge in [0.25, 0.3) is 0 Å². The number of hydrogen-bond acceptors (Lipinski definition) is 2. The van der Waals surface area contributed by atoms with Crippen LogP contribution in [0.1, 0.15) is 67.7 Å². The van der Waals surface area contributed by atoms with E-state index in [1.165, 1.54) is 0 Å². The summed E-state index contributed by atoms with van der Waals surface area (Å²) in [6, 6.07) is 0. The Morgan fingerprint density at radius 3 is 2.00 bits per heavy atom. The van der Waals surface area contributed by atoms with Gasteiger partial charge >= 0.3 is 5.97 Å². The van der Waals surface area contributed by atoms with E-state index in [0.717, 1.165) is 19.3 Å². The SMILES string of the molecule is CCCC(C)(CC(C)C)C(=O)OC(C)(C)C. The van der Waals surface area contributed by atoms with Crippen molar-refractivity contribution in [1.29, 1.82) is 0 Å². The minimum Gasteiger partial charge on any atom is -0.460 e. The van der Waals surface area contributed by atoms with E-state index in [1.54, 1.807) is 0 Å². The third-order valence-corrected chi connectivity index (χ3v) is 2.55. The third kappa shape index (κ3) is 5.53. The van der Waals surface area contributed by atoms with Gasteiger partial charge in [-0.3, -0.25) is 4.79 Å². The predicted octanol–water partition coefficient (Wildman–Crippen LogP) is 4.18. The van der Waals surface area contributed by atoms with Gasteiger partial charge in [-0.25, -0.2) is 0 Å². The van der Waals surface area contributed by atoms with Crippen molar-refractivity contribution in [3.8, 4) is 0 Å². The molecule has 0 aliphatic rings. The van der Waals surface area contributed by atoms with E-state index < -0.39 is 0 Å². The highest BCUT2D eigenvalue weighted by molar-refractivity contribution is 5.76. The molecule has 0 amide bonds. The zero-order valence-electron chi connectivity index (χ0n) is 12.0. The molecule has 0 saturated carbocycles. The highest BCUT2D eigenvalue weighted by Gasteiger charge is 2.36. The molecule has 0 aliphatic carbocycles. The molecule has 0 N–H and O–H groups in total. The topological polar surface area (TPSA) is 26.3 Å². The van der Waals surface area contributed by atoms with Crippen molar-refractivity contribution in [2.24, 2.45) is 11.3 Å². The van der Waals surface area contributed by atoms with Crippen LogP contribution in [0, 0.1) is 11.3 Å². The van der Waals surface area contributed by atoms with Crippen molar-refractivity contribution in [3.05, 3.63) is 0 Å². The molecule has 2 nitrogen and oxygen atoms in total. The first-order chi connectivity index (χ1) is 7.10. The van der Waals surface area contributed by atoms with Crippen molar-refractivity contribution in [3.63, 3.8) is 0 Å². The number of carbonyl (C=O) groups excluding carboxylic acids is 1. The first-order valence-electron chi connectivity index (χ1n) is 6.34. The predicted molar refractivity (Wildman–Crippen MR) is 68.3 cm³/mol. The summed E-state index contributed by atoms with van der Waals surface area (Å²) in [5, 5.41) is 0. The van der Waals surface area contributed by atoms with Crippen molar-refractivity contribution in [1.82, 2.24) is 0 Å². The van der Waals surface area contributed by atoms with Crippen LogP contribution in [0.3, 0.4) is 0 Å². The van der Waals surface area contributed by atoms with Gasteiger partial charge in [-0.1, -0.05) is 27.2 Å². The summed E-state index contributed by atoms with van der Waals surface area (Å²) in [7, 11) is 0. The Balaban J connectivity index is 4.69. The molecular weight excluding hydrogens is 200 g/mol. The monoisotopic (exact) mass is 228 g/mol. The number of ether oxygens (including phenoxy) is 1. The summed E-state index contributed by atoms with van der Waals surface area (Å²) in [5.74, 6) is 0.472. The molecule has 0 spiro atoms. The van der Waals surface area contributed by atoms with Crippen LogP contribution in [-0.2, 0) is 9.53 Å². The summed E-state index contributed by atoms with van der Waals surface area (Å²) in [4.78, 5) is 12.2. The number of carbonyl (C=O) groups is 1. The van der Waals surface area contributed by atoms with Crippen LogP contribution in [-0.4, -0.2) is 11.6 Å². The Labute approximate surface area is 101 Å². The standard InChI is InChI=1S/C14H28O2/c1-8-9-14(7,10-11(2)3)12(15)16-13(4,5)6/h11H,8-10H2,1-7H3. The molecule has 0 heterocycles. The molecule has 0 fully saturated rings. The van der Waals surface area contributed by atoms with Gasteiger partial charge in [0, 0.05) is 0 Å². The van der Waals surface area contributed by atoms with Gasteiger partial charge in [-0.05, 0) is 46.5 Å². The largest absolute Gasteiger partial charge is 0.460 e. The fraction of sp³-hybridized carbons (Fsp3) is 0.929. The van der Waals surface area contributed by atoms with Gasteiger partial charge in [0.15, 0.2) is 0 Å². The fourth-order valence-corrected chi connectivity index (χ4v) is 2.14. The number of rotatable bonds is 5. The van der Waals surface area contributed by atoms with Gasteiger partial charge in [0.1, 0.15) is 5.60 Å². The lowest BCUT2D eigenvalue weighted by atomic mass is 9.78. The van der Waals surface area contributed by atoms with E-state index in [-0.39, 0.29) is 17.0 Å². The van der Waals surface area contributed by atoms with Gasteiger partial charge < -0.3 is 4.74 Å². The normalized spacial score (nSPS) is 16.0.